The monoisotopic (exact) mass is 342 g/mol. The molecular formula is C20H23FN2O2. The van der Waals surface area contributed by atoms with Crippen LogP contribution in [0, 0.1) is 5.82 Å². The van der Waals surface area contributed by atoms with Crippen LogP contribution in [-0.4, -0.2) is 53.1 Å². The predicted octanol–water partition coefficient (Wildman–Crippen LogP) is 3.01. The minimum Gasteiger partial charge on any atom is -0.480 e. The second kappa shape index (κ2) is 7.76. The van der Waals surface area contributed by atoms with Crippen molar-refractivity contribution in [3.8, 4) is 0 Å². The van der Waals surface area contributed by atoms with Crippen LogP contribution < -0.4 is 0 Å². The van der Waals surface area contributed by atoms with E-state index in [2.05, 4.69) is 17.0 Å². The number of benzene rings is 2. The quantitative estimate of drug-likeness (QED) is 0.907. The van der Waals surface area contributed by atoms with Crippen molar-refractivity contribution in [3.05, 3.63) is 71.5 Å². The summed E-state index contributed by atoms with van der Waals surface area (Å²) in [6.07, 6.45) is 0. The van der Waals surface area contributed by atoms with Gasteiger partial charge in [0.25, 0.3) is 0 Å². The number of carboxylic acid groups (broad SMARTS) is 1. The van der Waals surface area contributed by atoms with Crippen LogP contribution in [-0.2, 0) is 4.79 Å². The van der Waals surface area contributed by atoms with Gasteiger partial charge in [0.2, 0.25) is 0 Å². The van der Waals surface area contributed by atoms with Gasteiger partial charge >= 0.3 is 5.97 Å². The van der Waals surface area contributed by atoms with E-state index in [-0.39, 0.29) is 24.4 Å². The molecule has 1 aliphatic heterocycles. The Hall–Kier alpha value is -2.24. The highest BCUT2D eigenvalue weighted by molar-refractivity contribution is 5.69. The fourth-order valence-electron chi connectivity index (χ4n) is 3.59. The van der Waals surface area contributed by atoms with Crippen LogP contribution in [0.15, 0.2) is 54.6 Å². The number of halogens is 1. The zero-order chi connectivity index (χ0) is 17.8. The molecular weight excluding hydrogens is 319 g/mol. The summed E-state index contributed by atoms with van der Waals surface area (Å²) in [6, 6.07) is 16.9. The van der Waals surface area contributed by atoms with E-state index in [1.54, 1.807) is 12.1 Å². The largest absolute Gasteiger partial charge is 0.480 e. The molecule has 1 saturated heterocycles. The maximum absolute atomic E-state index is 13.8. The third kappa shape index (κ3) is 4.24. The molecule has 1 heterocycles. The number of rotatable bonds is 5. The molecule has 0 aromatic heterocycles. The number of hydrogen-bond acceptors (Lipinski definition) is 3. The first-order valence-corrected chi connectivity index (χ1v) is 8.55. The van der Waals surface area contributed by atoms with E-state index in [0.717, 1.165) is 24.2 Å². The van der Waals surface area contributed by atoms with E-state index in [1.165, 1.54) is 6.07 Å². The molecule has 1 N–H and O–H groups in total. The molecule has 2 aromatic carbocycles. The van der Waals surface area contributed by atoms with E-state index in [0.29, 0.717) is 6.54 Å². The lowest BCUT2D eigenvalue weighted by molar-refractivity contribution is -0.139. The number of hydrogen-bond donors (Lipinski definition) is 1. The third-order valence-electron chi connectivity index (χ3n) is 4.78. The summed E-state index contributed by atoms with van der Waals surface area (Å²) in [5, 5.41) is 9.05. The predicted molar refractivity (Wildman–Crippen MR) is 94.9 cm³/mol. The second-order valence-corrected chi connectivity index (χ2v) is 6.58. The molecule has 0 amide bonds. The van der Waals surface area contributed by atoms with Crippen LogP contribution >= 0.6 is 0 Å². The topological polar surface area (TPSA) is 43.8 Å². The Morgan fingerprint density at radius 1 is 1.16 bits per heavy atom. The molecule has 2 atom stereocenters. The first kappa shape index (κ1) is 17.6. The molecule has 132 valence electrons. The Bertz CT molecular complexity index is 723. The molecule has 4 nitrogen and oxygen atoms in total. The average molecular weight is 342 g/mol. The van der Waals surface area contributed by atoms with Gasteiger partial charge in [-0.3, -0.25) is 14.6 Å². The molecule has 2 unspecified atom stereocenters. The Morgan fingerprint density at radius 2 is 1.88 bits per heavy atom. The van der Waals surface area contributed by atoms with Gasteiger partial charge in [0.15, 0.2) is 0 Å². The zero-order valence-corrected chi connectivity index (χ0v) is 14.3. The SMILES string of the molecule is CC1CN(C(c2ccccc2)c2cccc(F)c2)CCN1CC(=O)O. The second-order valence-electron chi connectivity index (χ2n) is 6.58. The van der Waals surface area contributed by atoms with Crippen molar-refractivity contribution in [2.45, 2.75) is 19.0 Å². The highest BCUT2D eigenvalue weighted by Gasteiger charge is 2.31. The van der Waals surface area contributed by atoms with Gasteiger partial charge in [-0.25, -0.2) is 4.39 Å². The lowest BCUT2D eigenvalue weighted by Gasteiger charge is -2.43. The van der Waals surface area contributed by atoms with E-state index in [1.807, 2.05) is 36.1 Å². The van der Waals surface area contributed by atoms with Crippen molar-refractivity contribution in [2.24, 2.45) is 0 Å². The van der Waals surface area contributed by atoms with Crippen LogP contribution in [0.1, 0.15) is 24.1 Å². The number of carbonyl (C=O) groups is 1. The van der Waals surface area contributed by atoms with Crippen LogP contribution in [0.5, 0.6) is 0 Å². The molecule has 1 aliphatic rings. The summed E-state index contributed by atoms with van der Waals surface area (Å²) in [4.78, 5) is 15.3. The van der Waals surface area contributed by atoms with Gasteiger partial charge in [-0.05, 0) is 30.2 Å². The van der Waals surface area contributed by atoms with Crippen LogP contribution in [0.4, 0.5) is 4.39 Å². The maximum atomic E-state index is 13.8. The molecule has 0 bridgehead atoms. The van der Waals surface area contributed by atoms with E-state index >= 15 is 0 Å². The van der Waals surface area contributed by atoms with Crippen LogP contribution in [0.25, 0.3) is 0 Å². The summed E-state index contributed by atoms with van der Waals surface area (Å²) < 4.78 is 13.8. The first-order valence-electron chi connectivity index (χ1n) is 8.55. The fraction of sp³-hybridized carbons (Fsp3) is 0.350. The molecule has 0 spiro atoms. The number of aliphatic carboxylic acids is 1. The molecule has 3 rings (SSSR count). The summed E-state index contributed by atoms with van der Waals surface area (Å²) in [5.74, 6) is -1.04. The minimum atomic E-state index is -0.801. The van der Waals surface area contributed by atoms with Crippen LogP contribution in [0.2, 0.25) is 0 Å². The van der Waals surface area contributed by atoms with Gasteiger partial charge in [0.1, 0.15) is 5.82 Å². The summed E-state index contributed by atoms with van der Waals surface area (Å²) in [5.41, 5.74) is 2.04. The standard InChI is InChI=1S/C20H23FN2O2/c1-15-13-23(11-10-22(15)14-19(24)25)20(16-6-3-2-4-7-16)17-8-5-9-18(21)12-17/h2-9,12,15,20H,10-11,13-14H2,1H3,(H,24,25). The molecule has 1 fully saturated rings. The smallest absolute Gasteiger partial charge is 0.317 e. The van der Waals surface area contributed by atoms with Crippen molar-refractivity contribution >= 4 is 5.97 Å². The van der Waals surface area contributed by atoms with Crippen molar-refractivity contribution in [1.82, 2.24) is 9.80 Å². The molecule has 0 aliphatic carbocycles. The zero-order valence-electron chi connectivity index (χ0n) is 14.3. The van der Waals surface area contributed by atoms with Gasteiger partial charge in [0.05, 0.1) is 12.6 Å². The van der Waals surface area contributed by atoms with Gasteiger partial charge in [-0.15, -0.1) is 0 Å². The van der Waals surface area contributed by atoms with E-state index in [9.17, 15) is 9.18 Å². The van der Waals surface area contributed by atoms with Crippen molar-refractivity contribution in [1.29, 1.82) is 0 Å². The molecule has 0 saturated carbocycles. The first-order chi connectivity index (χ1) is 12.0. The molecule has 2 aromatic rings. The molecule has 0 radical (unpaired) electrons. The highest BCUT2D eigenvalue weighted by atomic mass is 19.1. The molecule has 25 heavy (non-hydrogen) atoms. The summed E-state index contributed by atoms with van der Waals surface area (Å²) in [6.45, 7) is 4.27. The Labute approximate surface area is 147 Å². The van der Waals surface area contributed by atoms with Gasteiger partial charge < -0.3 is 5.11 Å². The van der Waals surface area contributed by atoms with Crippen molar-refractivity contribution in [2.75, 3.05) is 26.2 Å². The minimum absolute atomic E-state index is 0.0358. The number of nitrogens with zero attached hydrogens (tertiary/aromatic N) is 2. The highest BCUT2D eigenvalue weighted by Crippen LogP contribution is 2.31. The molecule has 5 heteroatoms. The van der Waals surface area contributed by atoms with Gasteiger partial charge in [-0.2, -0.15) is 0 Å². The Kier molecular flexibility index (Phi) is 5.46. The van der Waals surface area contributed by atoms with Crippen molar-refractivity contribution in [3.63, 3.8) is 0 Å². The maximum Gasteiger partial charge on any atom is 0.317 e. The van der Waals surface area contributed by atoms with Crippen molar-refractivity contribution < 1.29 is 14.3 Å². The summed E-state index contributed by atoms with van der Waals surface area (Å²) in [7, 11) is 0. The Balaban J connectivity index is 1.87. The average Bonchev–Trinajstić information content (AvgIpc) is 2.58. The Morgan fingerprint density at radius 3 is 2.52 bits per heavy atom. The number of carboxylic acids is 1. The fourth-order valence-corrected chi connectivity index (χ4v) is 3.59. The summed E-state index contributed by atoms with van der Waals surface area (Å²) >= 11 is 0. The van der Waals surface area contributed by atoms with Gasteiger partial charge in [-0.1, -0.05) is 42.5 Å². The number of piperazine rings is 1. The van der Waals surface area contributed by atoms with E-state index in [4.69, 9.17) is 5.11 Å². The third-order valence-corrected chi connectivity index (χ3v) is 4.78. The normalized spacial score (nSPS) is 20.3. The van der Waals surface area contributed by atoms with E-state index < -0.39 is 5.97 Å². The lowest BCUT2D eigenvalue weighted by atomic mass is 9.95. The lowest BCUT2D eigenvalue weighted by Crippen LogP contribution is -2.54. The van der Waals surface area contributed by atoms with Crippen LogP contribution in [0.3, 0.4) is 0 Å². The van der Waals surface area contributed by atoms with Gasteiger partial charge in [0, 0.05) is 25.7 Å².